The first kappa shape index (κ1) is 11.2. The average Bonchev–Trinajstić information content (AvgIpc) is 3.00. The normalized spacial score (nSPS) is 25.8. The van der Waals surface area contributed by atoms with Crippen LogP contribution in [0.25, 0.3) is 0 Å². The molecule has 18 heavy (non-hydrogen) atoms. The van der Waals surface area contributed by atoms with Crippen molar-refractivity contribution in [3.8, 4) is 11.6 Å². The fourth-order valence-corrected chi connectivity index (χ4v) is 2.45. The Balaban J connectivity index is 1.72. The number of aromatic nitrogens is 2. The molecule has 2 atom stereocenters. The van der Waals surface area contributed by atoms with Crippen molar-refractivity contribution in [2.45, 2.75) is 19.8 Å². The van der Waals surface area contributed by atoms with Crippen LogP contribution in [0.1, 0.15) is 25.3 Å². The van der Waals surface area contributed by atoms with Gasteiger partial charge in [0.25, 0.3) is 0 Å². The van der Waals surface area contributed by atoms with E-state index in [0.717, 1.165) is 11.8 Å². The molecule has 1 saturated carbocycles. The van der Waals surface area contributed by atoms with Crippen molar-refractivity contribution in [3.05, 3.63) is 48.4 Å². The largest absolute Gasteiger partial charge is 0.437 e. The van der Waals surface area contributed by atoms with Crippen LogP contribution in [-0.2, 0) is 0 Å². The van der Waals surface area contributed by atoms with Gasteiger partial charge >= 0.3 is 0 Å². The molecular weight excluding hydrogens is 224 g/mol. The third kappa shape index (κ3) is 2.08. The zero-order valence-corrected chi connectivity index (χ0v) is 10.6. The molecule has 92 valence electrons. The lowest BCUT2D eigenvalue weighted by Crippen LogP contribution is -1.90. The van der Waals surface area contributed by atoms with E-state index in [-0.39, 0.29) is 0 Å². The molecule has 0 radical (unpaired) electrons. The van der Waals surface area contributed by atoms with Gasteiger partial charge in [-0.2, -0.15) is 0 Å². The van der Waals surface area contributed by atoms with E-state index in [0.29, 0.717) is 17.5 Å². The molecule has 1 fully saturated rings. The van der Waals surface area contributed by atoms with Crippen LogP contribution in [0, 0.1) is 11.8 Å². The minimum Gasteiger partial charge on any atom is -0.437 e. The summed E-state index contributed by atoms with van der Waals surface area (Å²) in [7, 11) is 0. The Morgan fingerprint density at radius 2 is 1.89 bits per heavy atom. The Morgan fingerprint density at radius 1 is 1.06 bits per heavy atom. The van der Waals surface area contributed by atoms with Crippen molar-refractivity contribution >= 4 is 0 Å². The zero-order chi connectivity index (χ0) is 12.5. The Bertz CT molecular complexity index is 516. The molecule has 0 bridgehead atoms. The van der Waals surface area contributed by atoms with E-state index in [4.69, 9.17) is 4.74 Å². The summed E-state index contributed by atoms with van der Waals surface area (Å²) < 4.78 is 5.61. The summed E-state index contributed by atoms with van der Waals surface area (Å²) in [5.41, 5.74) is 1.31. The third-order valence-electron chi connectivity index (χ3n) is 3.82. The van der Waals surface area contributed by atoms with Crippen LogP contribution in [0.15, 0.2) is 42.9 Å². The number of rotatable bonds is 3. The van der Waals surface area contributed by atoms with Crippen molar-refractivity contribution in [2.75, 3.05) is 0 Å². The summed E-state index contributed by atoms with van der Waals surface area (Å²) in [6.07, 6.45) is 5.33. The van der Waals surface area contributed by atoms with Gasteiger partial charge in [-0.25, -0.2) is 4.98 Å². The number of hydrogen-bond donors (Lipinski definition) is 0. The quantitative estimate of drug-likeness (QED) is 0.821. The molecule has 0 amide bonds. The summed E-state index contributed by atoms with van der Waals surface area (Å²) in [6, 6.07) is 7.76. The molecule has 0 aromatic carbocycles. The highest BCUT2D eigenvalue weighted by Crippen LogP contribution is 2.53. The van der Waals surface area contributed by atoms with Gasteiger partial charge in [0.05, 0.1) is 6.20 Å². The summed E-state index contributed by atoms with van der Waals surface area (Å²) in [4.78, 5) is 8.36. The van der Waals surface area contributed by atoms with Gasteiger partial charge in [0, 0.05) is 18.5 Å². The Morgan fingerprint density at radius 3 is 2.44 bits per heavy atom. The molecule has 0 N–H and O–H groups in total. The summed E-state index contributed by atoms with van der Waals surface area (Å²) in [6.45, 7) is 4.57. The molecule has 2 aromatic rings. The molecule has 3 heteroatoms. The summed E-state index contributed by atoms with van der Waals surface area (Å²) in [5, 5.41) is 0. The minimum absolute atomic E-state index is 0.618. The van der Waals surface area contributed by atoms with Crippen LogP contribution in [0.4, 0.5) is 0 Å². The fraction of sp³-hybridized carbons (Fsp3) is 0.333. The van der Waals surface area contributed by atoms with Crippen LogP contribution < -0.4 is 4.74 Å². The summed E-state index contributed by atoms with van der Waals surface area (Å²) in [5.74, 6) is 3.55. The van der Waals surface area contributed by atoms with Crippen LogP contribution in [-0.4, -0.2) is 9.97 Å². The maximum absolute atomic E-state index is 5.61. The van der Waals surface area contributed by atoms with E-state index < -0.39 is 0 Å². The second-order valence-corrected chi connectivity index (χ2v) is 4.96. The molecule has 2 aromatic heterocycles. The van der Waals surface area contributed by atoms with Gasteiger partial charge in [0.2, 0.25) is 5.88 Å². The first-order valence-corrected chi connectivity index (χ1v) is 6.29. The maximum atomic E-state index is 5.61. The molecule has 0 spiro atoms. The smallest absolute Gasteiger partial charge is 0.219 e. The van der Waals surface area contributed by atoms with Gasteiger partial charge < -0.3 is 4.74 Å². The van der Waals surface area contributed by atoms with Gasteiger partial charge in [0.1, 0.15) is 5.75 Å². The summed E-state index contributed by atoms with van der Waals surface area (Å²) >= 11 is 0. The van der Waals surface area contributed by atoms with Gasteiger partial charge in [-0.05, 0) is 35.4 Å². The van der Waals surface area contributed by atoms with Gasteiger partial charge in [-0.3, -0.25) is 4.98 Å². The minimum atomic E-state index is 0.618. The molecule has 0 aliphatic heterocycles. The SMILES string of the molecule is CC1C(C)C1c1ccc(Oc2cccnc2)nc1. The second-order valence-electron chi connectivity index (χ2n) is 4.96. The fourth-order valence-electron chi connectivity index (χ4n) is 2.45. The lowest BCUT2D eigenvalue weighted by molar-refractivity contribution is 0.460. The second kappa shape index (κ2) is 4.41. The van der Waals surface area contributed by atoms with E-state index in [1.54, 1.807) is 12.4 Å². The number of pyridine rings is 2. The molecule has 0 saturated heterocycles. The first-order chi connectivity index (χ1) is 8.75. The van der Waals surface area contributed by atoms with Crippen LogP contribution in [0.5, 0.6) is 11.6 Å². The van der Waals surface area contributed by atoms with Gasteiger partial charge in [-0.15, -0.1) is 0 Å². The topological polar surface area (TPSA) is 35.0 Å². The Labute approximate surface area is 107 Å². The Kier molecular flexibility index (Phi) is 2.74. The van der Waals surface area contributed by atoms with E-state index in [2.05, 4.69) is 29.9 Å². The van der Waals surface area contributed by atoms with Crippen LogP contribution in [0.3, 0.4) is 0 Å². The molecule has 3 rings (SSSR count). The molecule has 2 unspecified atom stereocenters. The maximum Gasteiger partial charge on any atom is 0.219 e. The highest BCUT2D eigenvalue weighted by atomic mass is 16.5. The lowest BCUT2D eigenvalue weighted by Gasteiger charge is -2.04. The monoisotopic (exact) mass is 240 g/mol. The van der Waals surface area contributed by atoms with Crippen LogP contribution >= 0.6 is 0 Å². The third-order valence-corrected chi connectivity index (χ3v) is 3.82. The number of hydrogen-bond acceptors (Lipinski definition) is 3. The van der Waals surface area contributed by atoms with Gasteiger partial charge in [0.15, 0.2) is 0 Å². The van der Waals surface area contributed by atoms with Crippen LogP contribution in [0.2, 0.25) is 0 Å². The lowest BCUT2D eigenvalue weighted by atomic mass is 10.1. The predicted octanol–water partition coefficient (Wildman–Crippen LogP) is 3.64. The van der Waals surface area contributed by atoms with Crippen molar-refractivity contribution in [1.29, 1.82) is 0 Å². The van der Waals surface area contributed by atoms with E-state index in [1.165, 1.54) is 5.56 Å². The van der Waals surface area contributed by atoms with Gasteiger partial charge in [-0.1, -0.05) is 19.9 Å². The van der Waals surface area contributed by atoms with E-state index >= 15 is 0 Å². The molecule has 1 aliphatic rings. The standard InChI is InChI=1S/C15H16N2O/c1-10-11(2)15(10)12-5-6-14(17-8-12)18-13-4-3-7-16-9-13/h3-11,15H,1-2H3. The van der Waals surface area contributed by atoms with Crippen molar-refractivity contribution < 1.29 is 4.74 Å². The first-order valence-electron chi connectivity index (χ1n) is 6.29. The Hall–Kier alpha value is -1.90. The van der Waals surface area contributed by atoms with Crippen molar-refractivity contribution in [1.82, 2.24) is 9.97 Å². The number of nitrogens with zero attached hydrogens (tertiary/aromatic N) is 2. The van der Waals surface area contributed by atoms with Crippen molar-refractivity contribution in [3.63, 3.8) is 0 Å². The molecule has 2 heterocycles. The molecule has 3 nitrogen and oxygen atoms in total. The van der Waals surface area contributed by atoms with E-state index in [1.807, 2.05) is 24.4 Å². The highest BCUT2D eigenvalue weighted by Gasteiger charge is 2.43. The highest BCUT2D eigenvalue weighted by molar-refractivity contribution is 5.29. The van der Waals surface area contributed by atoms with E-state index in [9.17, 15) is 0 Å². The molecular formula is C15H16N2O. The predicted molar refractivity (Wildman–Crippen MR) is 69.6 cm³/mol. The average molecular weight is 240 g/mol. The zero-order valence-electron chi connectivity index (χ0n) is 10.6. The molecule has 1 aliphatic carbocycles. The van der Waals surface area contributed by atoms with Crippen molar-refractivity contribution in [2.24, 2.45) is 11.8 Å². The number of ether oxygens (including phenoxy) is 1.